The van der Waals surface area contributed by atoms with E-state index in [-0.39, 0.29) is 6.09 Å². The lowest BCUT2D eigenvalue weighted by molar-refractivity contribution is 0.0571. The highest BCUT2D eigenvalue weighted by atomic mass is 79.9. The fourth-order valence-corrected chi connectivity index (χ4v) is 3.12. The van der Waals surface area contributed by atoms with Crippen LogP contribution in [0.4, 0.5) is 10.6 Å². The van der Waals surface area contributed by atoms with Crippen molar-refractivity contribution in [2.45, 2.75) is 58.5 Å². The highest BCUT2D eigenvalue weighted by molar-refractivity contribution is 9.10. The van der Waals surface area contributed by atoms with Crippen LogP contribution in [0.5, 0.6) is 0 Å². The zero-order valence-electron chi connectivity index (χ0n) is 13.9. The molecule has 0 saturated heterocycles. The first kappa shape index (κ1) is 18.5. The lowest BCUT2D eigenvalue weighted by Crippen LogP contribution is -2.40. The Kier molecular flexibility index (Phi) is 6.32. The van der Waals surface area contributed by atoms with Gasteiger partial charge in [0, 0.05) is 18.8 Å². The topological polar surface area (TPSA) is 42.4 Å². The van der Waals surface area contributed by atoms with Crippen molar-refractivity contribution in [2.24, 2.45) is 5.92 Å². The van der Waals surface area contributed by atoms with Crippen LogP contribution in [0.15, 0.2) is 16.7 Å². The maximum Gasteiger partial charge on any atom is 0.416 e. The second-order valence-corrected chi connectivity index (χ2v) is 8.31. The van der Waals surface area contributed by atoms with E-state index in [4.69, 9.17) is 16.3 Å². The van der Waals surface area contributed by atoms with Crippen molar-refractivity contribution in [3.63, 3.8) is 0 Å². The summed E-state index contributed by atoms with van der Waals surface area (Å²) in [5.74, 6) is 1.03. The largest absolute Gasteiger partial charge is 0.443 e. The van der Waals surface area contributed by atoms with E-state index in [1.807, 2.05) is 20.8 Å². The molecule has 1 heterocycles. The molecule has 6 heteroatoms. The number of carbonyl (C=O) groups excluding carboxylic acids is 1. The number of carbonyl (C=O) groups is 1. The molecule has 0 aromatic carbocycles. The van der Waals surface area contributed by atoms with Gasteiger partial charge in [-0.05, 0) is 55.5 Å². The van der Waals surface area contributed by atoms with Gasteiger partial charge in [0.1, 0.15) is 11.4 Å². The van der Waals surface area contributed by atoms with Gasteiger partial charge >= 0.3 is 6.09 Å². The zero-order valence-corrected chi connectivity index (χ0v) is 16.3. The number of hydrogen-bond acceptors (Lipinski definition) is 3. The molecule has 1 saturated carbocycles. The number of hydrogen-bond donors (Lipinski definition) is 0. The van der Waals surface area contributed by atoms with Crippen LogP contribution in [0.2, 0.25) is 5.02 Å². The van der Waals surface area contributed by atoms with E-state index in [0.717, 1.165) is 12.8 Å². The molecule has 128 valence electrons. The molecule has 0 aliphatic heterocycles. The van der Waals surface area contributed by atoms with E-state index in [9.17, 15) is 4.79 Å². The van der Waals surface area contributed by atoms with Crippen LogP contribution in [0.25, 0.3) is 0 Å². The second-order valence-electron chi connectivity index (χ2n) is 7.05. The summed E-state index contributed by atoms with van der Waals surface area (Å²) >= 11 is 9.51. The summed E-state index contributed by atoms with van der Waals surface area (Å²) in [5, 5.41) is 0.534. The van der Waals surface area contributed by atoms with Gasteiger partial charge in [-0.3, -0.25) is 4.90 Å². The van der Waals surface area contributed by atoms with Crippen LogP contribution in [0.3, 0.4) is 0 Å². The molecule has 1 aliphatic carbocycles. The van der Waals surface area contributed by atoms with Crippen LogP contribution in [-0.4, -0.2) is 23.2 Å². The third-order valence-electron chi connectivity index (χ3n) is 3.85. The molecule has 0 N–H and O–H groups in total. The van der Waals surface area contributed by atoms with Crippen LogP contribution >= 0.6 is 27.5 Å². The number of nitrogens with zero attached hydrogens (tertiary/aromatic N) is 2. The van der Waals surface area contributed by atoms with Gasteiger partial charge in [0.2, 0.25) is 0 Å². The molecule has 1 aliphatic rings. The average molecular weight is 404 g/mol. The van der Waals surface area contributed by atoms with E-state index < -0.39 is 5.60 Å². The van der Waals surface area contributed by atoms with Gasteiger partial charge in [-0.25, -0.2) is 9.78 Å². The van der Waals surface area contributed by atoms with Crippen molar-refractivity contribution in [2.75, 3.05) is 11.4 Å². The molecule has 1 aromatic heterocycles. The van der Waals surface area contributed by atoms with Gasteiger partial charge in [0.15, 0.2) is 0 Å². The molecule has 1 fully saturated rings. The van der Waals surface area contributed by atoms with Crippen molar-refractivity contribution >= 4 is 39.4 Å². The summed E-state index contributed by atoms with van der Waals surface area (Å²) in [6.07, 6.45) is 7.27. The van der Waals surface area contributed by atoms with Crippen molar-refractivity contribution < 1.29 is 9.53 Å². The summed E-state index contributed by atoms with van der Waals surface area (Å²) in [4.78, 5) is 18.6. The number of rotatable bonds is 3. The van der Waals surface area contributed by atoms with Crippen LogP contribution in [-0.2, 0) is 4.74 Å². The molecule has 0 spiro atoms. The van der Waals surface area contributed by atoms with Gasteiger partial charge in [-0.2, -0.15) is 0 Å². The maximum absolute atomic E-state index is 12.6. The summed E-state index contributed by atoms with van der Waals surface area (Å²) in [7, 11) is 0. The van der Waals surface area contributed by atoms with E-state index in [0.29, 0.717) is 27.8 Å². The highest BCUT2D eigenvalue weighted by Crippen LogP contribution is 2.30. The molecular formula is C17H24BrClN2O2. The molecule has 0 bridgehead atoms. The SMILES string of the molecule is CC(C)(C)OC(=O)N(CC1CCCCC1)c1cc(Cl)c(Br)cn1. The number of ether oxygens (including phenoxy) is 1. The van der Waals surface area contributed by atoms with Crippen molar-refractivity contribution in [3.8, 4) is 0 Å². The smallest absolute Gasteiger partial charge is 0.416 e. The van der Waals surface area contributed by atoms with Gasteiger partial charge in [0.05, 0.1) is 9.50 Å². The Morgan fingerprint density at radius 1 is 1.39 bits per heavy atom. The fourth-order valence-electron chi connectivity index (χ4n) is 2.76. The predicted octanol–water partition coefficient (Wildman–Crippen LogP) is 5.82. The monoisotopic (exact) mass is 402 g/mol. The van der Waals surface area contributed by atoms with Crippen molar-refractivity contribution in [3.05, 3.63) is 21.8 Å². The molecule has 2 rings (SSSR count). The van der Waals surface area contributed by atoms with E-state index >= 15 is 0 Å². The summed E-state index contributed by atoms with van der Waals surface area (Å²) in [5.41, 5.74) is -0.541. The van der Waals surface area contributed by atoms with Gasteiger partial charge in [-0.15, -0.1) is 0 Å². The maximum atomic E-state index is 12.6. The number of amides is 1. The number of aromatic nitrogens is 1. The lowest BCUT2D eigenvalue weighted by atomic mass is 9.89. The van der Waals surface area contributed by atoms with Crippen molar-refractivity contribution in [1.29, 1.82) is 0 Å². The summed E-state index contributed by atoms with van der Waals surface area (Å²) in [6.45, 7) is 6.23. The number of halogens is 2. The summed E-state index contributed by atoms with van der Waals surface area (Å²) < 4.78 is 6.27. The minimum atomic E-state index is -0.541. The molecule has 1 amide bonds. The second kappa shape index (κ2) is 7.84. The van der Waals surface area contributed by atoms with Gasteiger partial charge in [-0.1, -0.05) is 30.9 Å². The Morgan fingerprint density at radius 3 is 2.61 bits per heavy atom. The minimum absolute atomic E-state index is 0.367. The van der Waals surface area contributed by atoms with Crippen LogP contribution in [0, 0.1) is 5.92 Å². The lowest BCUT2D eigenvalue weighted by Gasteiger charge is -2.31. The normalized spacial score (nSPS) is 16.2. The molecule has 4 nitrogen and oxygen atoms in total. The molecular weight excluding hydrogens is 380 g/mol. The van der Waals surface area contributed by atoms with Crippen LogP contribution < -0.4 is 4.90 Å². The Morgan fingerprint density at radius 2 is 2.04 bits per heavy atom. The molecule has 0 radical (unpaired) electrons. The molecule has 1 aromatic rings. The Hall–Kier alpha value is -0.810. The van der Waals surface area contributed by atoms with Crippen LogP contribution in [0.1, 0.15) is 52.9 Å². The quantitative estimate of drug-likeness (QED) is 0.638. The number of pyridine rings is 1. The third-order valence-corrected chi connectivity index (χ3v) is 5.02. The third kappa shape index (κ3) is 5.64. The molecule has 0 unspecified atom stereocenters. The zero-order chi connectivity index (χ0) is 17.0. The Labute approximate surface area is 151 Å². The first-order valence-electron chi connectivity index (χ1n) is 8.08. The summed E-state index contributed by atoms with van der Waals surface area (Å²) in [6, 6.07) is 1.71. The highest BCUT2D eigenvalue weighted by Gasteiger charge is 2.27. The Bertz CT molecular complexity index is 554. The minimum Gasteiger partial charge on any atom is -0.443 e. The van der Waals surface area contributed by atoms with Gasteiger partial charge in [0.25, 0.3) is 0 Å². The Balaban J connectivity index is 2.22. The van der Waals surface area contributed by atoms with Crippen molar-refractivity contribution in [1.82, 2.24) is 4.98 Å². The number of anilines is 1. The van der Waals surface area contributed by atoms with E-state index in [1.165, 1.54) is 19.3 Å². The molecule has 0 atom stereocenters. The molecule has 23 heavy (non-hydrogen) atoms. The average Bonchev–Trinajstić information content (AvgIpc) is 2.47. The van der Waals surface area contributed by atoms with E-state index in [2.05, 4.69) is 20.9 Å². The predicted molar refractivity (Wildman–Crippen MR) is 97.1 cm³/mol. The first-order chi connectivity index (χ1) is 10.8. The first-order valence-corrected chi connectivity index (χ1v) is 9.25. The van der Waals surface area contributed by atoms with Gasteiger partial charge < -0.3 is 4.74 Å². The standard InChI is InChI=1S/C17H24BrClN2O2/c1-17(2,3)23-16(22)21(11-12-7-5-4-6-8-12)15-9-14(19)13(18)10-20-15/h9-10,12H,4-8,11H2,1-3H3. The fraction of sp³-hybridized carbons (Fsp3) is 0.647. The van der Waals surface area contributed by atoms with E-state index in [1.54, 1.807) is 17.2 Å².